The average molecular weight is 322 g/mol. The maximum absolute atomic E-state index is 12.4. The van der Waals surface area contributed by atoms with Crippen LogP contribution in [0.5, 0.6) is 0 Å². The Morgan fingerprint density at radius 3 is 1.65 bits per heavy atom. The molecule has 0 aromatic heterocycles. The second-order valence-corrected chi connectivity index (χ2v) is 7.44. The molecule has 132 valence electrons. The Labute approximate surface area is 141 Å². The first-order valence-electron chi connectivity index (χ1n) is 9.72. The molecule has 0 aromatic carbocycles. The van der Waals surface area contributed by atoms with Gasteiger partial charge in [0.2, 0.25) is 11.8 Å². The highest BCUT2D eigenvalue weighted by molar-refractivity contribution is 5.77. The van der Waals surface area contributed by atoms with Crippen molar-refractivity contribution >= 4 is 11.8 Å². The third-order valence-corrected chi connectivity index (χ3v) is 5.29. The number of rotatable bonds is 5. The number of amides is 2. The molecule has 2 aliphatic heterocycles. The van der Waals surface area contributed by atoms with Crippen molar-refractivity contribution in [3.05, 3.63) is 0 Å². The second kappa shape index (κ2) is 9.94. The molecule has 1 atom stereocenters. The molecular weight excluding hydrogens is 288 g/mol. The summed E-state index contributed by atoms with van der Waals surface area (Å²) in [6.07, 6.45) is 11.7. The monoisotopic (exact) mass is 322 g/mol. The van der Waals surface area contributed by atoms with Crippen molar-refractivity contribution in [3.63, 3.8) is 0 Å². The summed E-state index contributed by atoms with van der Waals surface area (Å²) in [4.78, 5) is 28.8. The van der Waals surface area contributed by atoms with Crippen molar-refractivity contribution in [2.75, 3.05) is 26.2 Å². The molecule has 0 saturated carbocycles. The van der Waals surface area contributed by atoms with E-state index in [1.807, 2.05) is 9.80 Å². The number of hydrogen-bond acceptors (Lipinski definition) is 2. The minimum atomic E-state index is 0.293. The highest BCUT2D eigenvalue weighted by atomic mass is 16.2. The Bertz CT molecular complexity index is 368. The van der Waals surface area contributed by atoms with Gasteiger partial charge >= 0.3 is 0 Å². The fourth-order valence-electron chi connectivity index (χ4n) is 3.70. The van der Waals surface area contributed by atoms with Gasteiger partial charge in [0.25, 0.3) is 0 Å². The molecule has 0 aromatic rings. The smallest absolute Gasteiger partial charge is 0.222 e. The van der Waals surface area contributed by atoms with Crippen LogP contribution < -0.4 is 0 Å². The number of carbonyl (C=O) groups is 2. The van der Waals surface area contributed by atoms with Crippen LogP contribution in [-0.4, -0.2) is 47.8 Å². The van der Waals surface area contributed by atoms with E-state index in [9.17, 15) is 9.59 Å². The maximum atomic E-state index is 12.4. The molecule has 0 radical (unpaired) electrons. The standard InChI is InChI=1S/C19H34N2O2/c1-17(16-19(23)21-14-8-4-5-9-15-21)10-11-18(22)20-12-6-2-3-7-13-20/h17H,2-16H2,1H3/t17-/m1/s1. The molecule has 2 amide bonds. The lowest BCUT2D eigenvalue weighted by atomic mass is 10.0. The summed E-state index contributed by atoms with van der Waals surface area (Å²) >= 11 is 0. The van der Waals surface area contributed by atoms with Gasteiger partial charge in [0, 0.05) is 39.0 Å². The summed E-state index contributed by atoms with van der Waals surface area (Å²) in [5.41, 5.74) is 0. The van der Waals surface area contributed by atoms with Crippen LogP contribution in [0.1, 0.15) is 77.6 Å². The van der Waals surface area contributed by atoms with Gasteiger partial charge in [0.1, 0.15) is 0 Å². The highest BCUT2D eigenvalue weighted by Crippen LogP contribution is 2.17. The van der Waals surface area contributed by atoms with Crippen LogP contribution in [0, 0.1) is 5.92 Å². The SMILES string of the molecule is C[C@H](CCC(=O)N1CCCCCC1)CC(=O)N1CCCCCC1. The van der Waals surface area contributed by atoms with Crippen LogP contribution in [0.15, 0.2) is 0 Å². The number of likely N-dealkylation sites (tertiary alicyclic amines) is 2. The summed E-state index contributed by atoms with van der Waals surface area (Å²) < 4.78 is 0. The Morgan fingerprint density at radius 1 is 0.739 bits per heavy atom. The third kappa shape index (κ3) is 6.52. The molecule has 2 aliphatic rings. The zero-order valence-electron chi connectivity index (χ0n) is 14.9. The normalized spacial score (nSPS) is 21.4. The van der Waals surface area contributed by atoms with Gasteiger partial charge in [0.15, 0.2) is 0 Å². The summed E-state index contributed by atoms with van der Waals surface area (Å²) in [7, 11) is 0. The van der Waals surface area contributed by atoms with E-state index in [1.165, 1.54) is 25.7 Å². The van der Waals surface area contributed by atoms with Crippen LogP contribution in [0.4, 0.5) is 0 Å². The number of hydrogen-bond donors (Lipinski definition) is 0. The molecule has 4 nitrogen and oxygen atoms in total. The minimum absolute atomic E-state index is 0.293. The summed E-state index contributed by atoms with van der Waals surface area (Å²) in [6, 6.07) is 0. The molecule has 2 fully saturated rings. The molecule has 2 rings (SSSR count). The predicted octanol–water partition coefficient (Wildman–Crippen LogP) is 3.60. The first-order chi connectivity index (χ1) is 11.2. The first-order valence-corrected chi connectivity index (χ1v) is 9.72. The van der Waals surface area contributed by atoms with E-state index in [0.717, 1.165) is 58.3 Å². The van der Waals surface area contributed by atoms with E-state index >= 15 is 0 Å². The molecule has 0 bridgehead atoms. The van der Waals surface area contributed by atoms with E-state index in [2.05, 4.69) is 6.92 Å². The lowest BCUT2D eigenvalue weighted by Gasteiger charge is -2.23. The van der Waals surface area contributed by atoms with E-state index in [0.29, 0.717) is 30.6 Å². The molecule has 2 heterocycles. The van der Waals surface area contributed by atoms with Crippen LogP contribution in [0.2, 0.25) is 0 Å². The van der Waals surface area contributed by atoms with Gasteiger partial charge in [-0.15, -0.1) is 0 Å². The Kier molecular flexibility index (Phi) is 7.90. The first kappa shape index (κ1) is 18.3. The molecule has 23 heavy (non-hydrogen) atoms. The summed E-state index contributed by atoms with van der Waals surface area (Å²) in [5, 5.41) is 0. The number of carbonyl (C=O) groups excluding carboxylic acids is 2. The van der Waals surface area contributed by atoms with Crippen LogP contribution in [0.25, 0.3) is 0 Å². The lowest BCUT2D eigenvalue weighted by Crippen LogP contribution is -2.33. The number of nitrogens with zero attached hydrogens (tertiary/aromatic N) is 2. The molecule has 0 spiro atoms. The van der Waals surface area contributed by atoms with Gasteiger partial charge in [0.05, 0.1) is 0 Å². The Balaban J connectivity index is 1.68. The van der Waals surface area contributed by atoms with Crippen molar-refractivity contribution in [2.24, 2.45) is 5.92 Å². The molecular formula is C19H34N2O2. The fourth-order valence-corrected chi connectivity index (χ4v) is 3.70. The van der Waals surface area contributed by atoms with Crippen molar-refractivity contribution in [1.82, 2.24) is 9.80 Å². The van der Waals surface area contributed by atoms with Crippen molar-refractivity contribution < 1.29 is 9.59 Å². The van der Waals surface area contributed by atoms with E-state index in [-0.39, 0.29) is 0 Å². The van der Waals surface area contributed by atoms with Gasteiger partial charge in [-0.2, -0.15) is 0 Å². The van der Waals surface area contributed by atoms with Gasteiger partial charge in [-0.05, 0) is 38.0 Å². The zero-order valence-corrected chi connectivity index (χ0v) is 14.9. The summed E-state index contributed by atoms with van der Waals surface area (Å²) in [6.45, 7) is 5.84. The highest BCUT2D eigenvalue weighted by Gasteiger charge is 2.20. The predicted molar refractivity (Wildman–Crippen MR) is 93.1 cm³/mol. The van der Waals surface area contributed by atoms with Crippen LogP contribution in [-0.2, 0) is 9.59 Å². The van der Waals surface area contributed by atoms with Gasteiger partial charge in [-0.25, -0.2) is 0 Å². The average Bonchev–Trinajstić information content (AvgIpc) is 2.97. The van der Waals surface area contributed by atoms with E-state index in [4.69, 9.17) is 0 Å². The Hall–Kier alpha value is -1.06. The zero-order chi connectivity index (χ0) is 16.5. The van der Waals surface area contributed by atoms with E-state index < -0.39 is 0 Å². The van der Waals surface area contributed by atoms with Gasteiger partial charge in [-0.3, -0.25) is 9.59 Å². The van der Waals surface area contributed by atoms with E-state index in [1.54, 1.807) is 0 Å². The summed E-state index contributed by atoms with van der Waals surface area (Å²) in [5.74, 6) is 0.893. The fraction of sp³-hybridized carbons (Fsp3) is 0.895. The van der Waals surface area contributed by atoms with Gasteiger partial charge in [-0.1, -0.05) is 32.6 Å². The van der Waals surface area contributed by atoms with Crippen molar-refractivity contribution in [2.45, 2.75) is 77.6 Å². The molecule has 2 saturated heterocycles. The quantitative estimate of drug-likeness (QED) is 0.776. The third-order valence-electron chi connectivity index (χ3n) is 5.29. The minimum Gasteiger partial charge on any atom is -0.343 e. The topological polar surface area (TPSA) is 40.6 Å². The van der Waals surface area contributed by atoms with Crippen LogP contribution >= 0.6 is 0 Å². The molecule has 4 heteroatoms. The van der Waals surface area contributed by atoms with Gasteiger partial charge < -0.3 is 9.80 Å². The van der Waals surface area contributed by atoms with Crippen molar-refractivity contribution in [3.8, 4) is 0 Å². The lowest BCUT2D eigenvalue weighted by molar-refractivity contribution is -0.134. The molecule has 0 N–H and O–H groups in total. The maximum Gasteiger partial charge on any atom is 0.222 e. The molecule has 0 aliphatic carbocycles. The largest absolute Gasteiger partial charge is 0.343 e. The van der Waals surface area contributed by atoms with Crippen LogP contribution in [0.3, 0.4) is 0 Å². The molecule has 0 unspecified atom stereocenters. The Morgan fingerprint density at radius 2 is 1.17 bits per heavy atom. The second-order valence-electron chi connectivity index (χ2n) is 7.44. The van der Waals surface area contributed by atoms with Crippen molar-refractivity contribution in [1.29, 1.82) is 0 Å².